The first-order chi connectivity index (χ1) is 5.37. The van der Waals surface area contributed by atoms with Crippen molar-refractivity contribution in [1.29, 1.82) is 5.26 Å². The molecule has 5 nitrogen and oxygen atoms in total. The molecule has 1 aliphatic heterocycles. The Bertz CT molecular complexity index is 310. The highest BCUT2D eigenvalue weighted by atomic mass is 32.2. The second kappa shape index (κ2) is 2.69. The molecule has 0 aromatic rings. The van der Waals surface area contributed by atoms with Crippen molar-refractivity contribution in [2.75, 3.05) is 19.3 Å². The fraction of sp³-hybridized carbons (Fsp3) is 0.833. The molecule has 0 unspecified atom stereocenters. The predicted octanol–water partition coefficient (Wildman–Crippen LogP) is -1.09. The number of β-amino-alcohol motifs (C(OH)–C–C–N with tert-alkyl or cyclic N) is 1. The van der Waals surface area contributed by atoms with Gasteiger partial charge in [-0.25, -0.2) is 8.42 Å². The van der Waals surface area contributed by atoms with Gasteiger partial charge in [-0.3, -0.25) is 0 Å². The zero-order valence-electron chi connectivity index (χ0n) is 6.69. The van der Waals surface area contributed by atoms with Gasteiger partial charge in [-0.2, -0.15) is 9.57 Å². The second-order valence-electron chi connectivity index (χ2n) is 3.09. The summed E-state index contributed by atoms with van der Waals surface area (Å²) in [5, 5.41) is 17.7. The summed E-state index contributed by atoms with van der Waals surface area (Å²) < 4.78 is 22.8. The van der Waals surface area contributed by atoms with Crippen molar-refractivity contribution < 1.29 is 13.5 Å². The molecular weight excluding hydrogens is 180 g/mol. The molecule has 6 heteroatoms. The molecule has 1 heterocycles. The summed E-state index contributed by atoms with van der Waals surface area (Å²) in [6.45, 7) is 0.0821. The van der Waals surface area contributed by atoms with Gasteiger partial charge in [-0.05, 0) is 0 Å². The number of nitrogens with zero attached hydrogens (tertiary/aromatic N) is 2. The van der Waals surface area contributed by atoms with Crippen molar-refractivity contribution in [1.82, 2.24) is 4.31 Å². The highest BCUT2D eigenvalue weighted by Crippen LogP contribution is 2.25. The highest BCUT2D eigenvalue weighted by molar-refractivity contribution is 7.88. The maximum atomic E-state index is 10.8. The molecule has 12 heavy (non-hydrogen) atoms. The summed E-state index contributed by atoms with van der Waals surface area (Å²) in [4.78, 5) is 0. The van der Waals surface area contributed by atoms with E-state index in [0.29, 0.717) is 0 Å². The zero-order chi connectivity index (χ0) is 9.41. The Balaban J connectivity index is 2.54. The van der Waals surface area contributed by atoms with Gasteiger partial charge >= 0.3 is 0 Å². The summed E-state index contributed by atoms with van der Waals surface area (Å²) >= 11 is 0. The zero-order valence-corrected chi connectivity index (χ0v) is 7.50. The van der Waals surface area contributed by atoms with Crippen molar-refractivity contribution in [2.24, 2.45) is 0 Å². The number of hydrogen-bond donors (Lipinski definition) is 1. The van der Waals surface area contributed by atoms with Gasteiger partial charge in [0.05, 0.1) is 18.7 Å². The van der Waals surface area contributed by atoms with Crippen LogP contribution in [0, 0.1) is 11.3 Å². The summed E-state index contributed by atoms with van der Waals surface area (Å²) in [7, 11) is -3.19. The van der Waals surface area contributed by atoms with Gasteiger partial charge in [0.25, 0.3) is 0 Å². The van der Waals surface area contributed by atoms with E-state index in [-0.39, 0.29) is 19.5 Å². The Morgan fingerprint density at radius 1 is 1.67 bits per heavy atom. The average molecular weight is 190 g/mol. The maximum Gasteiger partial charge on any atom is 0.211 e. The Morgan fingerprint density at radius 3 is 2.50 bits per heavy atom. The number of sulfonamides is 1. The topological polar surface area (TPSA) is 81.4 Å². The molecular formula is C6H10N2O3S. The summed E-state index contributed by atoms with van der Waals surface area (Å²) in [6, 6.07) is 1.81. The Morgan fingerprint density at radius 2 is 2.17 bits per heavy atom. The van der Waals surface area contributed by atoms with Gasteiger partial charge in [-0.1, -0.05) is 0 Å². The van der Waals surface area contributed by atoms with E-state index in [4.69, 9.17) is 5.26 Å². The lowest BCUT2D eigenvalue weighted by Crippen LogP contribution is -2.62. The van der Waals surface area contributed by atoms with E-state index in [1.165, 1.54) is 0 Å². The fourth-order valence-electron chi connectivity index (χ4n) is 1.10. The third-order valence-corrected chi connectivity index (χ3v) is 3.01. The largest absolute Gasteiger partial charge is 0.386 e. The molecule has 0 spiro atoms. The Kier molecular flexibility index (Phi) is 2.12. The van der Waals surface area contributed by atoms with Crippen LogP contribution < -0.4 is 0 Å². The number of rotatable bonds is 2. The van der Waals surface area contributed by atoms with Crippen LogP contribution in [0.15, 0.2) is 0 Å². The third kappa shape index (κ3) is 1.75. The molecule has 0 radical (unpaired) electrons. The lowest BCUT2D eigenvalue weighted by atomic mass is 9.94. The molecule has 0 aromatic carbocycles. The third-order valence-electron chi connectivity index (χ3n) is 1.82. The smallest absolute Gasteiger partial charge is 0.211 e. The van der Waals surface area contributed by atoms with E-state index in [0.717, 1.165) is 10.6 Å². The Hall–Kier alpha value is -0.640. The number of nitriles is 1. The Labute approximate surface area is 71.3 Å². The molecule has 1 saturated heterocycles. The van der Waals surface area contributed by atoms with Crippen molar-refractivity contribution in [3.8, 4) is 6.07 Å². The second-order valence-corrected chi connectivity index (χ2v) is 5.07. The molecule has 1 rings (SSSR count). The number of aliphatic hydroxyl groups is 1. The van der Waals surface area contributed by atoms with Crippen LogP contribution in [-0.4, -0.2) is 42.8 Å². The van der Waals surface area contributed by atoms with E-state index in [2.05, 4.69) is 0 Å². The van der Waals surface area contributed by atoms with E-state index < -0.39 is 15.6 Å². The first-order valence-corrected chi connectivity index (χ1v) is 5.27. The van der Waals surface area contributed by atoms with Crippen LogP contribution in [0.4, 0.5) is 0 Å². The standard InChI is InChI=1S/C6H10N2O3S/c1-12(10,11)8-4-6(9,5-8)2-3-7/h9H,2,4-5H2,1H3. The first-order valence-electron chi connectivity index (χ1n) is 3.42. The average Bonchev–Trinajstić information content (AvgIpc) is 1.81. The van der Waals surface area contributed by atoms with E-state index in [1.54, 1.807) is 0 Å². The molecule has 1 aliphatic rings. The van der Waals surface area contributed by atoms with Gasteiger partial charge in [0, 0.05) is 13.1 Å². The van der Waals surface area contributed by atoms with Gasteiger partial charge in [0.2, 0.25) is 10.0 Å². The molecule has 1 N–H and O–H groups in total. The van der Waals surface area contributed by atoms with Crippen molar-refractivity contribution in [3.63, 3.8) is 0 Å². The quantitative estimate of drug-likeness (QED) is 0.599. The number of hydrogen-bond acceptors (Lipinski definition) is 4. The van der Waals surface area contributed by atoms with Crippen LogP contribution in [0.2, 0.25) is 0 Å². The molecule has 1 fully saturated rings. The van der Waals surface area contributed by atoms with Crippen LogP contribution in [0.5, 0.6) is 0 Å². The molecule has 0 amide bonds. The lowest BCUT2D eigenvalue weighted by molar-refractivity contribution is -0.0544. The molecule has 0 aliphatic carbocycles. The fourth-order valence-corrected chi connectivity index (χ4v) is 2.05. The molecule has 0 bridgehead atoms. The summed E-state index contributed by atoms with van der Waals surface area (Å²) in [5.74, 6) is 0. The van der Waals surface area contributed by atoms with E-state index in [9.17, 15) is 13.5 Å². The lowest BCUT2D eigenvalue weighted by Gasteiger charge is -2.43. The normalized spacial score (nSPS) is 22.8. The van der Waals surface area contributed by atoms with Crippen LogP contribution in [-0.2, 0) is 10.0 Å². The van der Waals surface area contributed by atoms with Crippen LogP contribution in [0.25, 0.3) is 0 Å². The van der Waals surface area contributed by atoms with Crippen LogP contribution in [0.1, 0.15) is 6.42 Å². The van der Waals surface area contributed by atoms with Gasteiger partial charge in [-0.15, -0.1) is 0 Å². The van der Waals surface area contributed by atoms with Crippen molar-refractivity contribution in [2.45, 2.75) is 12.0 Å². The first kappa shape index (κ1) is 9.45. The highest BCUT2D eigenvalue weighted by Gasteiger charge is 2.45. The van der Waals surface area contributed by atoms with E-state index >= 15 is 0 Å². The summed E-state index contributed by atoms with van der Waals surface area (Å²) in [6.07, 6.45) is 1.07. The molecule has 0 atom stereocenters. The molecule has 0 saturated carbocycles. The minimum Gasteiger partial charge on any atom is -0.386 e. The van der Waals surface area contributed by atoms with Crippen molar-refractivity contribution in [3.05, 3.63) is 0 Å². The molecule has 0 aromatic heterocycles. The van der Waals surface area contributed by atoms with Gasteiger partial charge in [0.15, 0.2) is 0 Å². The van der Waals surface area contributed by atoms with Crippen LogP contribution in [0.3, 0.4) is 0 Å². The summed E-state index contributed by atoms with van der Waals surface area (Å²) in [5.41, 5.74) is -1.11. The molecule has 68 valence electrons. The minimum atomic E-state index is -3.19. The van der Waals surface area contributed by atoms with Gasteiger partial charge < -0.3 is 5.11 Å². The minimum absolute atomic E-state index is 0.0149. The van der Waals surface area contributed by atoms with E-state index in [1.807, 2.05) is 6.07 Å². The van der Waals surface area contributed by atoms with Crippen LogP contribution >= 0.6 is 0 Å². The monoisotopic (exact) mass is 190 g/mol. The van der Waals surface area contributed by atoms with Crippen molar-refractivity contribution >= 4 is 10.0 Å². The maximum absolute atomic E-state index is 10.8. The predicted molar refractivity (Wildman–Crippen MR) is 41.6 cm³/mol. The van der Waals surface area contributed by atoms with Gasteiger partial charge in [0.1, 0.15) is 5.60 Å². The SMILES string of the molecule is CS(=O)(=O)N1CC(O)(CC#N)C1.